The smallest absolute Gasteiger partial charge is 0.0617 e. The van der Waals surface area contributed by atoms with Crippen molar-refractivity contribution in [2.45, 2.75) is 0 Å². The van der Waals surface area contributed by atoms with Crippen LogP contribution in [0.5, 0.6) is 0 Å². The number of para-hydroxylation sites is 2. The summed E-state index contributed by atoms with van der Waals surface area (Å²) in [5.41, 5.74) is 11.8. The average molecular weight is 716 g/mol. The minimum atomic E-state index is 0.373. The Kier molecular flexibility index (Phi) is 7.20. The van der Waals surface area contributed by atoms with Gasteiger partial charge in [-0.3, -0.25) is 0 Å². The Morgan fingerprint density at radius 2 is 0.863 bits per heavy atom. The Hall–Kier alpha value is -6.12. The summed E-state index contributed by atoms with van der Waals surface area (Å²) < 4.78 is 5.34. The summed E-state index contributed by atoms with van der Waals surface area (Å²) in [5, 5.41) is 5.27. The van der Waals surface area contributed by atoms with E-state index in [0.717, 1.165) is 22.7 Å². The zero-order valence-corrected chi connectivity index (χ0v) is 29.5. The topological polar surface area (TPSA) is 8.17 Å². The molecule has 51 heavy (non-hydrogen) atoms. The molecule has 0 N–H and O–H groups in total. The van der Waals surface area contributed by atoms with E-state index in [2.05, 4.69) is 204 Å². The Balaban J connectivity index is 1.12. The Labute approximate surface area is 302 Å². The summed E-state index contributed by atoms with van der Waals surface area (Å²) in [7, 11) is 0. The van der Waals surface area contributed by atoms with Crippen molar-refractivity contribution in [1.29, 1.82) is 0 Å². The van der Waals surface area contributed by atoms with Crippen LogP contribution in [0.2, 0.25) is 0 Å². The summed E-state index contributed by atoms with van der Waals surface area (Å²) in [4.78, 5) is 2.38. The molecule has 0 saturated carbocycles. The van der Waals surface area contributed by atoms with Crippen LogP contribution in [0.25, 0.3) is 69.0 Å². The molecule has 10 aromatic rings. The van der Waals surface area contributed by atoms with Crippen LogP contribution in [0, 0.1) is 0 Å². The molecule has 0 aliphatic heterocycles. The van der Waals surface area contributed by atoms with Crippen molar-refractivity contribution in [1.82, 2.24) is 4.57 Å². The van der Waals surface area contributed by atoms with Gasteiger partial charge in [-0.05, 0) is 29.3 Å². The Bertz CT molecular complexity index is 2830. The molecule has 0 aliphatic rings. The third-order valence-electron chi connectivity index (χ3n) is 10.00. The summed E-state index contributed by atoms with van der Waals surface area (Å²) in [6, 6.07) is 70.8. The molecule has 3 heteroatoms. The molecule has 2 heterocycles. The summed E-state index contributed by atoms with van der Waals surface area (Å²) in [6.07, 6.45) is 0. The van der Waals surface area contributed by atoms with Crippen LogP contribution in [0.15, 0.2) is 194 Å². The minimum Gasteiger partial charge on any atom is -0.0617 e. The standard InChI is InChI=1S/C48H32N2Se/c1-3-11-33(12-4-1)34-19-24-38(25-20-34)49(39-26-21-35(22-27-39)36-23-30-48-44(31-36)43-16-8-10-18-47(43)51-48)40-28-29-42-41-15-7-9-17-45(41)50(46(42)32-40)37-13-5-2-6-14-37/h1-32H. The van der Waals surface area contributed by atoms with Crippen LogP contribution >= 0.6 is 0 Å². The zero-order chi connectivity index (χ0) is 33.7. The van der Waals surface area contributed by atoms with E-state index in [1.54, 1.807) is 0 Å². The molecule has 10 rings (SSSR count). The quantitative estimate of drug-likeness (QED) is 0.156. The van der Waals surface area contributed by atoms with Gasteiger partial charge in [0.25, 0.3) is 0 Å². The molecule has 8 aromatic carbocycles. The van der Waals surface area contributed by atoms with Crippen molar-refractivity contribution in [3.63, 3.8) is 0 Å². The predicted molar refractivity (Wildman–Crippen MR) is 218 cm³/mol. The molecule has 0 spiro atoms. The first kappa shape index (κ1) is 29.8. The van der Waals surface area contributed by atoms with Crippen molar-refractivity contribution >= 4 is 72.7 Å². The van der Waals surface area contributed by atoms with Crippen molar-refractivity contribution in [3.8, 4) is 27.9 Å². The molecule has 2 aromatic heterocycles. The normalized spacial score (nSPS) is 11.5. The first-order chi connectivity index (χ1) is 25.3. The molecular weight excluding hydrogens is 684 g/mol. The van der Waals surface area contributed by atoms with Crippen LogP contribution in [-0.2, 0) is 0 Å². The molecule has 0 atom stereocenters. The fourth-order valence-electron chi connectivity index (χ4n) is 7.54. The molecule has 2 nitrogen and oxygen atoms in total. The van der Waals surface area contributed by atoms with Crippen LogP contribution in [0.4, 0.5) is 17.1 Å². The maximum absolute atomic E-state index is 2.39. The van der Waals surface area contributed by atoms with Gasteiger partial charge in [0.1, 0.15) is 0 Å². The van der Waals surface area contributed by atoms with E-state index in [0.29, 0.717) is 14.5 Å². The summed E-state index contributed by atoms with van der Waals surface area (Å²) in [5.74, 6) is 0. The van der Waals surface area contributed by atoms with Crippen molar-refractivity contribution in [3.05, 3.63) is 194 Å². The molecular formula is C48H32N2Se. The predicted octanol–water partition coefficient (Wildman–Crippen LogP) is 13.0. The third kappa shape index (κ3) is 5.18. The van der Waals surface area contributed by atoms with Gasteiger partial charge in [-0.15, -0.1) is 0 Å². The Morgan fingerprint density at radius 3 is 1.61 bits per heavy atom. The summed E-state index contributed by atoms with van der Waals surface area (Å²) in [6.45, 7) is 0. The fourth-order valence-corrected chi connectivity index (χ4v) is 9.82. The minimum absolute atomic E-state index is 0.373. The van der Waals surface area contributed by atoms with E-state index in [9.17, 15) is 0 Å². The first-order valence-corrected chi connectivity index (χ1v) is 19.1. The third-order valence-corrected chi connectivity index (χ3v) is 12.4. The molecule has 0 fully saturated rings. The molecule has 0 unspecified atom stereocenters. The first-order valence-electron chi connectivity index (χ1n) is 17.3. The molecule has 0 bridgehead atoms. The van der Waals surface area contributed by atoms with Gasteiger partial charge in [-0.2, -0.15) is 0 Å². The average Bonchev–Trinajstić information content (AvgIpc) is 3.74. The second-order valence-corrected chi connectivity index (χ2v) is 15.3. The maximum atomic E-state index is 2.39. The number of hydrogen-bond donors (Lipinski definition) is 0. The number of fused-ring (bicyclic) bond motifs is 6. The van der Waals surface area contributed by atoms with Gasteiger partial charge in [-0.1, -0.05) is 66.7 Å². The fraction of sp³-hybridized carbons (Fsp3) is 0. The van der Waals surface area contributed by atoms with Crippen molar-refractivity contribution in [2.24, 2.45) is 0 Å². The molecule has 0 saturated heterocycles. The van der Waals surface area contributed by atoms with E-state index >= 15 is 0 Å². The number of nitrogens with zero attached hydrogens (tertiary/aromatic N) is 2. The van der Waals surface area contributed by atoms with E-state index in [4.69, 9.17) is 0 Å². The van der Waals surface area contributed by atoms with E-state index in [1.165, 1.54) is 63.4 Å². The van der Waals surface area contributed by atoms with E-state index < -0.39 is 0 Å². The number of aromatic nitrogens is 1. The number of rotatable bonds is 6. The summed E-state index contributed by atoms with van der Waals surface area (Å²) >= 11 is 0.373. The van der Waals surface area contributed by atoms with Gasteiger partial charge >= 0.3 is 182 Å². The van der Waals surface area contributed by atoms with Gasteiger partial charge in [0.05, 0.1) is 5.52 Å². The van der Waals surface area contributed by atoms with Gasteiger partial charge in [0, 0.05) is 16.5 Å². The monoisotopic (exact) mass is 716 g/mol. The van der Waals surface area contributed by atoms with Crippen molar-refractivity contribution < 1.29 is 0 Å². The van der Waals surface area contributed by atoms with Crippen LogP contribution in [-0.4, -0.2) is 19.1 Å². The van der Waals surface area contributed by atoms with E-state index in [-0.39, 0.29) is 0 Å². The second kappa shape index (κ2) is 12.3. The molecule has 240 valence electrons. The van der Waals surface area contributed by atoms with Gasteiger partial charge in [-0.25, -0.2) is 0 Å². The number of hydrogen-bond acceptors (Lipinski definition) is 1. The Morgan fingerprint density at radius 1 is 0.333 bits per heavy atom. The molecule has 0 amide bonds. The van der Waals surface area contributed by atoms with Crippen molar-refractivity contribution in [2.75, 3.05) is 4.90 Å². The van der Waals surface area contributed by atoms with Crippen LogP contribution in [0.3, 0.4) is 0 Å². The van der Waals surface area contributed by atoms with Crippen LogP contribution in [0.1, 0.15) is 0 Å². The zero-order valence-electron chi connectivity index (χ0n) is 27.8. The van der Waals surface area contributed by atoms with Gasteiger partial charge in [0.2, 0.25) is 0 Å². The second-order valence-electron chi connectivity index (χ2n) is 13.0. The molecule has 0 radical (unpaired) electrons. The number of anilines is 3. The van der Waals surface area contributed by atoms with Crippen LogP contribution < -0.4 is 4.90 Å². The van der Waals surface area contributed by atoms with E-state index in [1.807, 2.05) is 0 Å². The van der Waals surface area contributed by atoms with Gasteiger partial charge < -0.3 is 4.57 Å². The molecule has 0 aliphatic carbocycles. The SMILES string of the molecule is c1ccc(-c2ccc(N(c3ccc(-c4ccc5[se]c6ccccc6c5c4)cc3)c3ccc4c5ccccc5n(-c5ccccc5)c4c3)cc2)cc1. The van der Waals surface area contributed by atoms with Gasteiger partial charge in [0.15, 0.2) is 0 Å². The number of benzene rings is 8.